The molecular weight excluding hydrogens is 246 g/mol. The number of phenols is 1. The van der Waals surface area contributed by atoms with Crippen LogP contribution < -0.4 is 0 Å². The lowest BCUT2D eigenvalue weighted by molar-refractivity contribution is -0.142. The first kappa shape index (κ1) is 13.4. The normalized spacial score (nSPS) is 22.5. The second-order valence-corrected chi connectivity index (χ2v) is 5.13. The van der Waals surface area contributed by atoms with Crippen LogP contribution in [0.2, 0.25) is 0 Å². The third-order valence-corrected chi connectivity index (χ3v) is 3.66. The van der Waals surface area contributed by atoms with Crippen molar-refractivity contribution in [1.82, 2.24) is 4.90 Å². The smallest absolute Gasteiger partial charge is 0.308 e. The van der Waals surface area contributed by atoms with Gasteiger partial charge in [0.25, 0.3) is 5.91 Å². The summed E-state index contributed by atoms with van der Waals surface area (Å²) in [6.45, 7) is 4.26. The molecule has 2 atom stereocenters. The molecule has 1 amide bonds. The number of nitrogens with zero attached hydrogens (tertiary/aromatic N) is 1. The molecule has 0 saturated carbocycles. The number of carbonyl (C=O) groups is 2. The van der Waals surface area contributed by atoms with Gasteiger partial charge in [0.2, 0.25) is 0 Å². The molecule has 2 rings (SSSR count). The van der Waals surface area contributed by atoms with E-state index in [0.717, 1.165) is 0 Å². The maximum absolute atomic E-state index is 12.3. The van der Waals surface area contributed by atoms with Crippen LogP contribution in [-0.2, 0) is 4.79 Å². The first-order valence-electron chi connectivity index (χ1n) is 6.22. The molecule has 2 unspecified atom stereocenters. The highest BCUT2D eigenvalue weighted by Crippen LogP contribution is 2.25. The molecule has 0 aromatic heterocycles. The summed E-state index contributed by atoms with van der Waals surface area (Å²) in [4.78, 5) is 24.9. The molecule has 1 saturated heterocycles. The molecule has 1 heterocycles. The summed E-state index contributed by atoms with van der Waals surface area (Å²) in [5.41, 5.74) is 1.11. The summed E-state index contributed by atoms with van der Waals surface area (Å²) in [5.74, 6) is -1.43. The predicted molar refractivity (Wildman–Crippen MR) is 69.0 cm³/mol. The Morgan fingerprint density at radius 2 is 2.00 bits per heavy atom. The molecule has 0 aliphatic carbocycles. The van der Waals surface area contributed by atoms with E-state index in [2.05, 4.69) is 0 Å². The van der Waals surface area contributed by atoms with Gasteiger partial charge < -0.3 is 15.1 Å². The van der Waals surface area contributed by atoms with E-state index in [-0.39, 0.29) is 24.1 Å². The second-order valence-electron chi connectivity index (χ2n) is 5.13. The Kier molecular flexibility index (Phi) is 3.46. The van der Waals surface area contributed by atoms with E-state index in [0.29, 0.717) is 17.7 Å². The standard InChI is InChI=1S/C14H17NO4/c1-8-5-10(3-4-12(8)16)13(17)15-6-9(2)11(7-15)14(18)19/h3-5,9,11,16H,6-7H2,1-2H3,(H,18,19). The van der Waals surface area contributed by atoms with Gasteiger partial charge in [-0.15, -0.1) is 0 Å². The minimum absolute atomic E-state index is 0.0420. The van der Waals surface area contributed by atoms with E-state index < -0.39 is 11.9 Å². The number of carbonyl (C=O) groups excluding carboxylic acids is 1. The van der Waals surface area contributed by atoms with Crippen LogP contribution in [-0.4, -0.2) is 40.1 Å². The second kappa shape index (κ2) is 4.91. The Hall–Kier alpha value is -2.04. The van der Waals surface area contributed by atoms with Gasteiger partial charge in [0.05, 0.1) is 5.92 Å². The van der Waals surface area contributed by atoms with Gasteiger partial charge in [-0.05, 0) is 36.6 Å². The van der Waals surface area contributed by atoms with Crippen LogP contribution in [0.1, 0.15) is 22.8 Å². The van der Waals surface area contributed by atoms with Crippen LogP contribution in [0.15, 0.2) is 18.2 Å². The number of hydrogen-bond donors (Lipinski definition) is 2. The van der Waals surface area contributed by atoms with Crippen molar-refractivity contribution in [3.8, 4) is 5.75 Å². The number of phenolic OH excluding ortho intramolecular Hbond substituents is 1. The Morgan fingerprint density at radius 1 is 1.32 bits per heavy atom. The lowest BCUT2D eigenvalue weighted by atomic mass is 9.99. The third kappa shape index (κ3) is 2.54. The zero-order chi connectivity index (χ0) is 14.2. The summed E-state index contributed by atoms with van der Waals surface area (Å²) in [7, 11) is 0. The Bertz CT molecular complexity index is 526. The monoisotopic (exact) mass is 263 g/mol. The van der Waals surface area contributed by atoms with E-state index in [1.165, 1.54) is 6.07 Å². The fourth-order valence-electron chi connectivity index (χ4n) is 2.43. The predicted octanol–water partition coefficient (Wildman–Crippen LogP) is 1.49. The maximum atomic E-state index is 12.3. The molecule has 5 heteroatoms. The van der Waals surface area contributed by atoms with Crippen molar-refractivity contribution in [3.63, 3.8) is 0 Å². The van der Waals surface area contributed by atoms with Crippen LogP contribution in [0.3, 0.4) is 0 Å². The minimum Gasteiger partial charge on any atom is -0.508 e. The van der Waals surface area contributed by atoms with Gasteiger partial charge in [0.1, 0.15) is 5.75 Å². The van der Waals surface area contributed by atoms with Gasteiger partial charge in [-0.3, -0.25) is 9.59 Å². The zero-order valence-electron chi connectivity index (χ0n) is 11.0. The van der Waals surface area contributed by atoms with Crippen molar-refractivity contribution < 1.29 is 19.8 Å². The lowest BCUT2D eigenvalue weighted by Crippen LogP contribution is -2.29. The molecule has 1 fully saturated rings. The van der Waals surface area contributed by atoms with Gasteiger partial charge in [0, 0.05) is 18.7 Å². The molecule has 2 N–H and O–H groups in total. The van der Waals surface area contributed by atoms with E-state index in [1.54, 1.807) is 24.0 Å². The van der Waals surface area contributed by atoms with Crippen LogP contribution >= 0.6 is 0 Å². The average molecular weight is 263 g/mol. The summed E-state index contributed by atoms with van der Waals surface area (Å²) >= 11 is 0. The number of amides is 1. The number of rotatable bonds is 2. The van der Waals surface area contributed by atoms with Crippen molar-refractivity contribution in [2.75, 3.05) is 13.1 Å². The summed E-state index contributed by atoms with van der Waals surface area (Å²) in [5, 5.41) is 18.5. The number of likely N-dealkylation sites (tertiary alicyclic amines) is 1. The summed E-state index contributed by atoms with van der Waals surface area (Å²) in [6.07, 6.45) is 0. The number of hydrogen-bond acceptors (Lipinski definition) is 3. The number of carboxylic acid groups (broad SMARTS) is 1. The molecule has 1 aliphatic heterocycles. The largest absolute Gasteiger partial charge is 0.508 e. The quantitative estimate of drug-likeness (QED) is 0.847. The van der Waals surface area contributed by atoms with Crippen molar-refractivity contribution in [2.45, 2.75) is 13.8 Å². The van der Waals surface area contributed by atoms with Crippen LogP contribution in [0.25, 0.3) is 0 Å². The highest BCUT2D eigenvalue weighted by molar-refractivity contribution is 5.95. The SMILES string of the molecule is Cc1cc(C(=O)N2CC(C)C(C(=O)O)C2)ccc1O. The Balaban J connectivity index is 2.17. The topological polar surface area (TPSA) is 77.8 Å². The van der Waals surface area contributed by atoms with Crippen LogP contribution in [0, 0.1) is 18.8 Å². The number of carboxylic acids is 1. The maximum Gasteiger partial charge on any atom is 0.308 e. The molecule has 0 spiro atoms. The highest BCUT2D eigenvalue weighted by atomic mass is 16.4. The number of benzene rings is 1. The molecule has 1 aromatic rings. The fourth-order valence-corrected chi connectivity index (χ4v) is 2.43. The molecule has 0 radical (unpaired) electrons. The van der Waals surface area contributed by atoms with Gasteiger partial charge in [-0.25, -0.2) is 0 Å². The van der Waals surface area contributed by atoms with Crippen LogP contribution in [0.5, 0.6) is 5.75 Å². The van der Waals surface area contributed by atoms with Gasteiger partial charge in [-0.1, -0.05) is 6.92 Å². The highest BCUT2D eigenvalue weighted by Gasteiger charge is 2.37. The summed E-state index contributed by atoms with van der Waals surface area (Å²) < 4.78 is 0. The van der Waals surface area contributed by atoms with Crippen molar-refractivity contribution >= 4 is 11.9 Å². The average Bonchev–Trinajstić information content (AvgIpc) is 2.74. The van der Waals surface area contributed by atoms with Crippen molar-refractivity contribution in [1.29, 1.82) is 0 Å². The fraction of sp³-hybridized carbons (Fsp3) is 0.429. The van der Waals surface area contributed by atoms with Gasteiger partial charge in [-0.2, -0.15) is 0 Å². The Morgan fingerprint density at radius 3 is 2.53 bits per heavy atom. The molecule has 0 bridgehead atoms. The van der Waals surface area contributed by atoms with Crippen molar-refractivity contribution in [3.05, 3.63) is 29.3 Å². The molecule has 1 aliphatic rings. The van der Waals surface area contributed by atoms with E-state index >= 15 is 0 Å². The van der Waals surface area contributed by atoms with Crippen LogP contribution in [0.4, 0.5) is 0 Å². The minimum atomic E-state index is -0.857. The number of aliphatic carboxylic acids is 1. The van der Waals surface area contributed by atoms with E-state index in [4.69, 9.17) is 5.11 Å². The first-order valence-corrected chi connectivity index (χ1v) is 6.22. The van der Waals surface area contributed by atoms with Gasteiger partial charge >= 0.3 is 5.97 Å². The van der Waals surface area contributed by atoms with E-state index in [1.807, 2.05) is 6.92 Å². The molecular formula is C14H17NO4. The molecule has 1 aromatic carbocycles. The molecule has 102 valence electrons. The molecule has 19 heavy (non-hydrogen) atoms. The number of aryl methyl sites for hydroxylation is 1. The lowest BCUT2D eigenvalue weighted by Gasteiger charge is -2.16. The van der Waals surface area contributed by atoms with E-state index in [9.17, 15) is 14.7 Å². The zero-order valence-corrected chi connectivity index (χ0v) is 11.0. The summed E-state index contributed by atoms with van der Waals surface area (Å²) in [6, 6.07) is 4.66. The third-order valence-electron chi connectivity index (χ3n) is 3.66. The first-order chi connectivity index (χ1) is 8.90. The number of aromatic hydroxyl groups is 1. The van der Waals surface area contributed by atoms with Crippen molar-refractivity contribution in [2.24, 2.45) is 11.8 Å². The Labute approximate surface area is 111 Å². The molecule has 5 nitrogen and oxygen atoms in total. The van der Waals surface area contributed by atoms with Gasteiger partial charge in [0.15, 0.2) is 0 Å².